The van der Waals surface area contributed by atoms with Crippen molar-refractivity contribution >= 4 is 22.6 Å². The van der Waals surface area contributed by atoms with E-state index in [1.807, 2.05) is 12.1 Å². The van der Waals surface area contributed by atoms with Gasteiger partial charge in [0.1, 0.15) is 11.0 Å². The maximum atomic E-state index is 5.63. The molecule has 2 aromatic rings. The summed E-state index contributed by atoms with van der Waals surface area (Å²) in [5, 5.41) is 10.7. The van der Waals surface area contributed by atoms with E-state index in [-0.39, 0.29) is 0 Å². The Morgan fingerprint density at radius 2 is 2.23 bits per heavy atom. The van der Waals surface area contributed by atoms with Crippen molar-refractivity contribution in [1.82, 2.24) is 15.4 Å². The molecule has 0 spiro atoms. The van der Waals surface area contributed by atoms with Crippen LogP contribution in [0.25, 0.3) is 11.0 Å². The molecule has 0 saturated heterocycles. The van der Waals surface area contributed by atoms with Crippen molar-refractivity contribution in [2.24, 2.45) is 0 Å². The Labute approximate surface area is 81.1 Å². The maximum Gasteiger partial charge on any atom is 0.116 e. The van der Waals surface area contributed by atoms with Gasteiger partial charge in [-0.3, -0.25) is 0 Å². The molecule has 0 radical (unpaired) electrons. The number of aromatic amines is 1. The number of nitrogens with zero attached hydrogens (tertiary/aromatic N) is 2. The predicted molar refractivity (Wildman–Crippen MR) is 52.9 cm³/mol. The third-order valence-corrected chi connectivity index (χ3v) is 2.28. The number of rotatable bonds is 3. The fourth-order valence-corrected chi connectivity index (χ4v) is 1.52. The zero-order chi connectivity index (χ0) is 9.10. The number of H-pyrrole nitrogens is 1. The van der Waals surface area contributed by atoms with E-state index < -0.39 is 0 Å². The highest BCUT2D eigenvalue weighted by molar-refractivity contribution is 6.17. The summed E-state index contributed by atoms with van der Waals surface area (Å²) in [5.74, 6) is 0.689. The van der Waals surface area contributed by atoms with E-state index in [1.54, 1.807) is 0 Å². The molecule has 1 N–H and O–H groups in total. The van der Waals surface area contributed by atoms with Crippen LogP contribution in [-0.2, 0) is 6.42 Å². The second-order valence-electron chi connectivity index (χ2n) is 2.90. The number of nitrogens with one attached hydrogen (secondary N) is 1. The van der Waals surface area contributed by atoms with Crippen LogP contribution in [0.2, 0.25) is 0 Å². The number of para-hydroxylation sites is 1. The molecule has 0 aliphatic heterocycles. The first-order valence-corrected chi connectivity index (χ1v) is 4.79. The number of fused-ring (bicyclic) bond motifs is 1. The third kappa shape index (κ3) is 1.65. The van der Waals surface area contributed by atoms with E-state index in [4.69, 9.17) is 11.6 Å². The molecular weight excluding hydrogens is 186 g/mol. The quantitative estimate of drug-likeness (QED) is 0.763. The van der Waals surface area contributed by atoms with Gasteiger partial charge in [0.2, 0.25) is 0 Å². The highest BCUT2D eigenvalue weighted by Gasteiger charge is 2.02. The standard InChI is InChI=1S/C9H10ClN3/c10-6-2-4-7-3-1-5-8-9(7)12-13-11-8/h1,3,5H,2,4,6H2,(H,11,12,13). The second kappa shape index (κ2) is 3.75. The fraction of sp³-hybridized carbons (Fsp3) is 0.333. The van der Waals surface area contributed by atoms with Gasteiger partial charge >= 0.3 is 0 Å². The molecule has 0 aliphatic carbocycles. The van der Waals surface area contributed by atoms with Gasteiger partial charge in [-0.2, -0.15) is 15.4 Å². The molecule has 0 aliphatic rings. The summed E-state index contributed by atoms with van der Waals surface area (Å²) in [5.41, 5.74) is 3.10. The van der Waals surface area contributed by atoms with Crippen molar-refractivity contribution in [3.8, 4) is 0 Å². The zero-order valence-corrected chi connectivity index (χ0v) is 7.88. The normalized spacial score (nSPS) is 10.8. The third-order valence-electron chi connectivity index (χ3n) is 2.01. The van der Waals surface area contributed by atoms with Crippen molar-refractivity contribution in [2.75, 3.05) is 5.88 Å². The predicted octanol–water partition coefficient (Wildman–Crippen LogP) is 2.13. The van der Waals surface area contributed by atoms with Crippen LogP contribution in [0, 0.1) is 0 Å². The first-order chi connectivity index (χ1) is 6.42. The van der Waals surface area contributed by atoms with Crippen LogP contribution >= 0.6 is 11.6 Å². The molecule has 0 bridgehead atoms. The lowest BCUT2D eigenvalue weighted by atomic mass is 10.1. The highest BCUT2D eigenvalue weighted by atomic mass is 35.5. The molecule has 0 unspecified atom stereocenters. The van der Waals surface area contributed by atoms with Crippen molar-refractivity contribution in [3.05, 3.63) is 23.8 Å². The van der Waals surface area contributed by atoms with Gasteiger partial charge in [0, 0.05) is 5.88 Å². The summed E-state index contributed by atoms with van der Waals surface area (Å²) in [6, 6.07) is 6.01. The molecule has 0 fully saturated rings. The monoisotopic (exact) mass is 195 g/mol. The summed E-state index contributed by atoms with van der Waals surface area (Å²) < 4.78 is 0. The average molecular weight is 196 g/mol. The Balaban J connectivity index is 2.37. The molecule has 0 atom stereocenters. The Bertz CT molecular complexity index is 396. The van der Waals surface area contributed by atoms with Gasteiger partial charge in [0.15, 0.2) is 0 Å². The summed E-state index contributed by atoms with van der Waals surface area (Å²) in [7, 11) is 0. The maximum absolute atomic E-state index is 5.63. The number of halogens is 1. The zero-order valence-electron chi connectivity index (χ0n) is 7.13. The van der Waals surface area contributed by atoms with Crippen molar-refractivity contribution in [1.29, 1.82) is 0 Å². The molecule has 1 aromatic carbocycles. The molecule has 0 saturated carbocycles. The molecule has 3 nitrogen and oxygen atoms in total. The fourth-order valence-electron chi connectivity index (χ4n) is 1.38. The molecule has 68 valence electrons. The number of benzene rings is 1. The number of hydrogen-bond donors (Lipinski definition) is 1. The number of hydrogen-bond acceptors (Lipinski definition) is 2. The molecule has 13 heavy (non-hydrogen) atoms. The number of alkyl halides is 1. The Hall–Kier alpha value is -1.09. The van der Waals surface area contributed by atoms with Crippen LogP contribution < -0.4 is 0 Å². The van der Waals surface area contributed by atoms with Crippen LogP contribution in [0.4, 0.5) is 0 Å². The van der Waals surface area contributed by atoms with E-state index in [2.05, 4.69) is 21.5 Å². The summed E-state index contributed by atoms with van der Waals surface area (Å²) >= 11 is 5.63. The SMILES string of the molecule is ClCCCc1cccc2n[nH]nc12. The van der Waals surface area contributed by atoms with Crippen molar-refractivity contribution in [3.63, 3.8) is 0 Å². The summed E-state index contributed by atoms with van der Waals surface area (Å²) in [6.45, 7) is 0. The first kappa shape index (κ1) is 8.51. The van der Waals surface area contributed by atoms with Gasteiger partial charge < -0.3 is 0 Å². The van der Waals surface area contributed by atoms with Gasteiger partial charge in [-0.25, -0.2) is 0 Å². The second-order valence-corrected chi connectivity index (χ2v) is 3.28. The summed E-state index contributed by atoms with van der Waals surface area (Å²) in [6.07, 6.45) is 1.95. The number of aromatic nitrogens is 3. The van der Waals surface area contributed by atoms with E-state index in [0.717, 1.165) is 23.9 Å². The van der Waals surface area contributed by atoms with E-state index in [1.165, 1.54) is 5.56 Å². The van der Waals surface area contributed by atoms with Crippen molar-refractivity contribution < 1.29 is 0 Å². The molecule has 4 heteroatoms. The van der Waals surface area contributed by atoms with Gasteiger partial charge in [-0.1, -0.05) is 12.1 Å². The van der Waals surface area contributed by atoms with Crippen LogP contribution in [-0.4, -0.2) is 21.3 Å². The van der Waals surface area contributed by atoms with Crippen LogP contribution in [0.3, 0.4) is 0 Å². The number of aryl methyl sites for hydroxylation is 1. The molecule has 0 amide bonds. The first-order valence-electron chi connectivity index (χ1n) is 4.26. The van der Waals surface area contributed by atoms with Gasteiger partial charge in [-0.15, -0.1) is 11.6 Å². The lowest BCUT2D eigenvalue weighted by molar-refractivity contribution is 0.923. The van der Waals surface area contributed by atoms with Crippen LogP contribution in [0.15, 0.2) is 18.2 Å². The van der Waals surface area contributed by atoms with E-state index in [0.29, 0.717) is 5.88 Å². The smallest absolute Gasteiger partial charge is 0.116 e. The van der Waals surface area contributed by atoms with Gasteiger partial charge in [0.25, 0.3) is 0 Å². The lowest BCUT2D eigenvalue weighted by Crippen LogP contribution is -1.87. The van der Waals surface area contributed by atoms with E-state index in [9.17, 15) is 0 Å². The molecule has 2 rings (SSSR count). The molecule has 1 heterocycles. The summed E-state index contributed by atoms with van der Waals surface area (Å²) in [4.78, 5) is 0. The Kier molecular flexibility index (Phi) is 2.45. The minimum atomic E-state index is 0.689. The van der Waals surface area contributed by atoms with Gasteiger partial charge in [-0.05, 0) is 24.5 Å². The van der Waals surface area contributed by atoms with Crippen molar-refractivity contribution in [2.45, 2.75) is 12.8 Å². The molecular formula is C9H10ClN3. The lowest BCUT2D eigenvalue weighted by Gasteiger charge is -1.98. The van der Waals surface area contributed by atoms with Gasteiger partial charge in [0.05, 0.1) is 0 Å². The Morgan fingerprint density at radius 3 is 3.08 bits per heavy atom. The van der Waals surface area contributed by atoms with Crippen LogP contribution in [0.1, 0.15) is 12.0 Å². The Morgan fingerprint density at radius 1 is 1.31 bits per heavy atom. The highest BCUT2D eigenvalue weighted by Crippen LogP contribution is 2.15. The largest absolute Gasteiger partial charge is 0.197 e. The minimum absolute atomic E-state index is 0.689. The van der Waals surface area contributed by atoms with Crippen LogP contribution in [0.5, 0.6) is 0 Å². The minimum Gasteiger partial charge on any atom is -0.197 e. The molecule has 1 aromatic heterocycles. The topological polar surface area (TPSA) is 41.6 Å². The van der Waals surface area contributed by atoms with E-state index >= 15 is 0 Å². The average Bonchev–Trinajstić information content (AvgIpc) is 2.62.